The molecule has 0 saturated carbocycles. The number of thiazole rings is 1. The molecule has 4 aromatic rings. The predicted molar refractivity (Wildman–Crippen MR) is 104 cm³/mol. The van der Waals surface area contributed by atoms with Gasteiger partial charge >= 0.3 is 5.97 Å². The summed E-state index contributed by atoms with van der Waals surface area (Å²) in [5.74, 6) is 1.80. The van der Waals surface area contributed by atoms with Crippen molar-refractivity contribution in [2.24, 2.45) is 0 Å². The molecule has 0 aliphatic rings. The van der Waals surface area contributed by atoms with Crippen molar-refractivity contribution in [3.8, 4) is 11.5 Å². The van der Waals surface area contributed by atoms with Gasteiger partial charge in [-0.1, -0.05) is 12.1 Å². The molecule has 0 amide bonds. The number of benzene rings is 1. The Morgan fingerprint density at radius 3 is 2.82 bits per heavy atom. The zero-order valence-electron chi connectivity index (χ0n) is 15.6. The Hall–Kier alpha value is -3.00. The molecule has 3 aromatic heterocycles. The van der Waals surface area contributed by atoms with Crippen molar-refractivity contribution in [1.82, 2.24) is 15.2 Å². The number of hydrogen-bond acceptors (Lipinski definition) is 8. The summed E-state index contributed by atoms with van der Waals surface area (Å²) in [7, 11) is 0. The summed E-state index contributed by atoms with van der Waals surface area (Å²) in [6.07, 6.45) is 1.75. The normalized spacial score (nSPS) is 11.2. The molecule has 0 atom stereocenters. The van der Waals surface area contributed by atoms with Crippen molar-refractivity contribution < 1.29 is 18.4 Å². The van der Waals surface area contributed by atoms with Crippen LogP contribution in [0, 0.1) is 13.8 Å². The molecule has 0 aliphatic carbocycles. The molecule has 3 heterocycles. The Kier molecular flexibility index (Phi) is 5.21. The molecule has 0 N–H and O–H groups in total. The smallest absolute Gasteiger partial charge is 0.306 e. The Bertz CT molecular complexity index is 1080. The van der Waals surface area contributed by atoms with Crippen LogP contribution < -0.4 is 0 Å². The van der Waals surface area contributed by atoms with E-state index in [1.54, 1.807) is 11.3 Å². The van der Waals surface area contributed by atoms with Crippen molar-refractivity contribution in [2.45, 2.75) is 39.7 Å². The fraction of sp³-hybridized carbons (Fsp3) is 0.300. The van der Waals surface area contributed by atoms with Gasteiger partial charge in [-0.3, -0.25) is 4.79 Å². The minimum Gasteiger partial charge on any atom is -0.466 e. The predicted octanol–water partition coefficient (Wildman–Crippen LogP) is 4.62. The monoisotopic (exact) mass is 397 g/mol. The zero-order valence-corrected chi connectivity index (χ0v) is 16.4. The van der Waals surface area contributed by atoms with Gasteiger partial charge in [0, 0.05) is 6.42 Å². The number of aryl methyl sites for hydroxylation is 3. The number of carbonyl (C=O) groups excluding carboxylic acids is 1. The van der Waals surface area contributed by atoms with Gasteiger partial charge in [-0.05, 0) is 44.9 Å². The average Bonchev–Trinajstić information content (AvgIpc) is 3.37. The second-order valence-corrected chi connectivity index (χ2v) is 7.53. The number of nitrogens with zero attached hydrogens (tertiary/aromatic N) is 3. The number of esters is 1. The number of para-hydroxylation sites is 1. The first-order chi connectivity index (χ1) is 13.6. The van der Waals surface area contributed by atoms with Gasteiger partial charge in [0.1, 0.15) is 11.5 Å². The Morgan fingerprint density at radius 1 is 1.18 bits per heavy atom. The summed E-state index contributed by atoms with van der Waals surface area (Å²) in [5.41, 5.74) is 1.75. The third kappa shape index (κ3) is 4.12. The largest absolute Gasteiger partial charge is 0.466 e. The second kappa shape index (κ2) is 7.93. The third-order valence-electron chi connectivity index (χ3n) is 4.20. The van der Waals surface area contributed by atoms with Crippen LogP contribution >= 0.6 is 11.3 Å². The molecule has 0 unspecified atom stereocenters. The van der Waals surface area contributed by atoms with E-state index in [0.29, 0.717) is 24.5 Å². The first-order valence-corrected chi connectivity index (χ1v) is 9.80. The first kappa shape index (κ1) is 18.4. The lowest BCUT2D eigenvalue weighted by Crippen LogP contribution is -2.05. The molecular weight excluding hydrogens is 378 g/mol. The number of aromatic nitrogens is 3. The molecule has 0 saturated heterocycles. The van der Waals surface area contributed by atoms with Crippen molar-refractivity contribution in [1.29, 1.82) is 0 Å². The highest BCUT2D eigenvalue weighted by Gasteiger charge is 2.15. The van der Waals surface area contributed by atoms with Crippen LogP contribution in [0.1, 0.15) is 35.3 Å². The van der Waals surface area contributed by atoms with Crippen LogP contribution in [-0.4, -0.2) is 21.2 Å². The zero-order chi connectivity index (χ0) is 19.5. The molecule has 0 aliphatic heterocycles. The maximum Gasteiger partial charge on any atom is 0.306 e. The van der Waals surface area contributed by atoms with Crippen LogP contribution in [0.25, 0.3) is 21.7 Å². The molecule has 144 valence electrons. The summed E-state index contributed by atoms with van der Waals surface area (Å²) in [6, 6.07) is 9.85. The van der Waals surface area contributed by atoms with Gasteiger partial charge in [-0.15, -0.1) is 21.5 Å². The maximum atomic E-state index is 12.0. The lowest BCUT2D eigenvalue weighted by molar-refractivity contribution is -0.145. The average molecular weight is 397 g/mol. The van der Waals surface area contributed by atoms with Gasteiger partial charge in [-0.2, -0.15) is 0 Å². The number of rotatable bonds is 7. The van der Waals surface area contributed by atoms with Gasteiger partial charge in [-0.25, -0.2) is 4.98 Å². The van der Waals surface area contributed by atoms with Crippen LogP contribution in [0.3, 0.4) is 0 Å². The number of hydrogen-bond donors (Lipinski definition) is 0. The van der Waals surface area contributed by atoms with Crippen molar-refractivity contribution in [3.05, 3.63) is 52.8 Å². The minimum absolute atomic E-state index is 0.0388. The Labute approximate surface area is 165 Å². The van der Waals surface area contributed by atoms with Crippen molar-refractivity contribution in [3.63, 3.8) is 0 Å². The quantitative estimate of drug-likeness (QED) is 0.420. The molecule has 0 radical (unpaired) electrons. The highest BCUT2D eigenvalue weighted by atomic mass is 32.1. The minimum atomic E-state index is -0.295. The second-order valence-electron chi connectivity index (χ2n) is 6.42. The maximum absolute atomic E-state index is 12.0. The van der Waals surface area contributed by atoms with E-state index in [2.05, 4.69) is 21.2 Å². The van der Waals surface area contributed by atoms with E-state index in [-0.39, 0.29) is 18.5 Å². The molecule has 0 fully saturated rings. The van der Waals surface area contributed by atoms with Crippen LogP contribution in [-0.2, 0) is 22.6 Å². The van der Waals surface area contributed by atoms with Gasteiger partial charge in [0.05, 0.1) is 20.8 Å². The molecule has 4 rings (SSSR count). The molecule has 28 heavy (non-hydrogen) atoms. The number of furan rings is 1. The fourth-order valence-electron chi connectivity index (χ4n) is 2.89. The topological polar surface area (TPSA) is 91.2 Å². The van der Waals surface area contributed by atoms with Crippen LogP contribution in [0.15, 0.2) is 39.2 Å². The van der Waals surface area contributed by atoms with E-state index < -0.39 is 0 Å². The number of ether oxygens (including phenoxy) is 1. The highest BCUT2D eigenvalue weighted by molar-refractivity contribution is 7.18. The SMILES string of the molecule is Cc1cc(-c2nnc(COC(=O)CCCc3nc4ccccc4s3)o2)c(C)o1. The van der Waals surface area contributed by atoms with Gasteiger partial charge in [0.15, 0.2) is 6.61 Å². The first-order valence-electron chi connectivity index (χ1n) is 8.98. The summed E-state index contributed by atoms with van der Waals surface area (Å²) >= 11 is 1.66. The molecule has 7 nitrogen and oxygen atoms in total. The van der Waals surface area contributed by atoms with E-state index in [9.17, 15) is 4.79 Å². The van der Waals surface area contributed by atoms with Crippen LogP contribution in [0.4, 0.5) is 0 Å². The van der Waals surface area contributed by atoms with E-state index in [1.807, 2.05) is 38.1 Å². The highest BCUT2D eigenvalue weighted by Crippen LogP contribution is 2.25. The summed E-state index contributed by atoms with van der Waals surface area (Å²) in [5, 5.41) is 8.94. The van der Waals surface area contributed by atoms with E-state index in [0.717, 1.165) is 33.0 Å². The number of fused-ring (bicyclic) bond motifs is 1. The molecule has 0 bridgehead atoms. The van der Waals surface area contributed by atoms with Gasteiger partial charge in [0.25, 0.3) is 11.8 Å². The van der Waals surface area contributed by atoms with E-state index >= 15 is 0 Å². The lowest BCUT2D eigenvalue weighted by atomic mass is 10.2. The molecular formula is C20H19N3O4S. The fourth-order valence-corrected chi connectivity index (χ4v) is 3.90. The summed E-state index contributed by atoms with van der Waals surface area (Å²) in [6.45, 7) is 3.64. The van der Waals surface area contributed by atoms with Crippen LogP contribution in [0.2, 0.25) is 0 Å². The molecule has 0 spiro atoms. The van der Waals surface area contributed by atoms with E-state index in [4.69, 9.17) is 13.6 Å². The van der Waals surface area contributed by atoms with Gasteiger partial charge < -0.3 is 13.6 Å². The Balaban J connectivity index is 1.25. The third-order valence-corrected chi connectivity index (χ3v) is 5.30. The Morgan fingerprint density at radius 2 is 2.04 bits per heavy atom. The number of carbonyl (C=O) groups is 1. The van der Waals surface area contributed by atoms with Gasteiger partial charge in [0.2, 0.25) is 0 Å². The van der Waals surface area contributed by atoms with E-state index in [1.165, 1.54) is 0 Å². The lowest BCUT2D eigenvalue weighted by Gasteiger charge is -2.01. The molecule has 8 heteroatoms. The molecule has 1 aromatic carbocycles. The summed E-state index contributed by atoms with van der Waals surface area (Å²) < 4.78 is 17.4. The standard InChI is InChI=1S/C20H19N3O4S/c1-12-10-14(13(2)26-12)20-23-22-17(27-20)11-25-19(24)9-5-8-18-21-15-6-3-4-7-16(15)28-18/h3-4,6-7,10H,5,8-9,11H2,1-2H3. The van der Waals surface area contributed by atoms with Crippen molar-refractivity contribution >= 4 is 27.5 Å². The van der Waals surface area contributed by atoms with Crippen molar-refractivity contribution in [2.75, 3.05) is 0 Å². The summed E-state index contributed by atoms with van der Waals surface area (Å²) in [4.78, 5) is 16.5. The van der Waals surface area contributed by atoms with Crippen LogP contribution in [0.5, 0.6) is 0 Å².